The van der Waals surface area contributed by atoms with E-state index in [2.05, 4.69) is 14.5 Å². The molecular weight excluding hydrogens is 270 g/mol. The molecule has 5 rings (SSSR count). The molecule has 0 amide bonds. The molecule has 3 saturated carbocycles. The molecule has 3 aliphatic rings. The number of rotatable bonds is 2. The van der Waals surface area contributed by atoms with Crippen LogP contribution < -0.4 is 5.56 Å². The summed E-state index contributed by atoms with van der Waals surface area (Å²) in [6, 6.07) is 1.96. The van der Waals surface area contributed by atoms with Gasteiger partial charge in [0.1, 0.15) is 5.52 Å². The zero-order valence-corrected chi connectivity index (χ0v) is 12.3. The lowest BCUT2D eigenvalue weighted by Gasteiger charge is -2.47. The highest BCUT2D eigenvalue weighted by Gasteiger charge is 2.40. The highest BCUT2D eigenvalue weighted by atomic mass is 32.1. The smallest absolute Gasteiger partial charge is 0.276 e. The molecule has 2 heterocycles. The summed E-state index contributed by atoms with van der Waals surface area (Å²) in [5, 5.41) is 0. The van der Waals surface area contributed by atoms with Crippen LogP contribution in [0.3, 0.4) is 0 Å². The molecule has 0 atom stereocenters. The molecule has 2 N–H and O–H groups in total. The van der Waals surface area contributed by atoms with Crippen LogP contribution in [0, 0.1) is 16.1 Å². The number of hydrogen-bond donors (Lipinski definition) is 2. The Labute approximate surface area is 122 Å². The van der Waals surface area contributed by atoms with E-state index in [-0.39, 0.29) is 5.56 Å². The summed E-state index contributed by atoms with van der Waals surface area (Å²) in [4.78, 5) is 17.7. The van der Waals surface area contributed by atoms with Crippen molar-refractivity contribution < 1.29 is 0 Å². The van der Waals surface area contributed by atoms with Crippen LogP contribution in [-0.4, -0.2) is 14.5 Å². The van der Waals surface area contributed by atoms with E-state index in [0.29, 0.717) is 15.7 Å². The van der Waals surface area contributed by atoms with Gasteiger partial charge >= 0.3 is 0 Å². The van der Waals surface area contributed by atoms with Gasteiger partial charge in [0.2, 0.25) is 0 Å². The molecule has 2 bridgehead atoms. The van der Waals surface area contributed by atoms with Crippen molar-refractivity contribution in [3.05, 3.63) is 27.4 Å². The average molecular weight is 289 g/mol. The van der Waals surface area contributed by atoms with Crippen LogP contribution in [0.25, 0.3) is 11.0 Å². The molecule has 2 aromatic heterocycles. The van der Waals surface area contributed by atoms with E-state index in [4.69, 9.17) is 12.2 Å². The molecule has 4 nitrogen and oxygen atoms in total. The normalized spacial score (nSPS) is 29.1. The zero-order chi connectivity index (χ0) is 13.7. The molecule has 0 aromatic carbocycles. The minimum atomic E-state index is -0.115. The SMILES string of the molecule is O=c1[nH]c(=S)n(CC23CCC(CC2)CC3)c2cc[nH]c12. The standard InChI is InChI=1S/C15H19N3OS/c19-13-12-11(4-8-16-12)18(14(20)17-13)9-15-5-1-10(2-6-15)3-7-15/h4,8,10,16H,1-3,5-7,9H2,(H,17,19,20). The summed E-state index contributed by atoms with van der Waals surface area (Å²) in [5.41, 5.74) is 1.87. The van der Waals surface area contributed by atoms with Crippen molar-refractivity contribution in [2.24, 2.45) is 11.3 Å². The van der Waals surface area contributed by atoms with Crippen LogP contribution in [0.5, 0.6) is 0 Å². The second kappa shape index (κ2) is 4.32. The van der Waals surface area contributed by atoms with Gasteiger partial charge < -0.3 is 9.55 Å². The maximum absolute atomic E-state index is 11.9. The van der Waals surface area contributed by atoms with E-state index < -0.39 is 0 Å². The van der Waals surface area contributed by atoms with Gasteiger partial charge in [0.25, 0.3) is 5.56 Å². The lowest BCUT2D eigenvalue weighted by atomic mass is 9.60. The highest BCUT2D eigenvalue weighted by molar-refractivity contribution is 7.71. The Balaban J connectivity index is 1.81. The summed E-state index contributed by atoms with van der Waals surface area (Å²) in [6.07, 6.45) is 9.85. The van der Waals surface area contributed by atoms with Crippen molar-refractivity contribution in [2.75, 3.05) is 0 Å². The summed E-state index contributed by atoms with van der Waals surface area (Å²) < 4.78 is 2.69. The van der Waals surface area contributed by atoms with Crippen LogP contribution in [-0.2, 0) is 6.54 Å². The monoisotopic (exact) mass is 289 g/mol. The Morgan fingerprint density at radius 3 is 2.70 bits per heavy atom. The van der Waals surface area contributed by atoms with E-state index in [1.54, 1.807) is 0 Å². The third kappa shape index (κ3) is 1.79. The van der Waals surface area contributed by atoms with Crippen LogP contribution in [0.4, 0.5) is 0 Å². The van der Waals surface area contributed by atoms with Crippen LogP contribution >= 0.6 is 12.2 Å². The van der Waals surface area contributed by atoms with E-state index in [1.165, 1.54) is 38.5 Å². The lowest BCUT2D eigenvalue weighted by molar-refractivity contribution is 0.0486. The minimum absolute atomic E-state index is 0.115. The van der Waals surface area contributed by atoms with Gasteiger partial charge in [-0.05, 0) is 68.1 Å². The maximum atomic E-state index is 11.9. The van der Waals surface area contributed by atoms with Crippen molar-refractivity contribution in [2.45, 2.75) is 45.1 Å². The number of fused-ring (bicyclic) bond motifs is 4. The Hall–Kier alpha value is -1.36. The molecule has 20 heavy (non-hydrogen) atoms. The Morgan fingerprint density at radius 1 is 1.30 bits per heavy atom. The second-order valence-corrected chi connectivity index (χ2v) is 6.95. The fourth-order valence-electron chi connectivity index (χ4n) is 4.17. The Morgan fingerprint density at radius 2 is 2.00 bits per heavy atom. The van der Waals surface area contributed by atoms with Crippen molar-refractivity contribution in [3.63, 3.8) is 0 Å². The molecule has 0 saturated heterocycles. The van der Waals surface area contributed by atoms with Gasteiger partial charge in [-0.25, -0.2) is 0 Å². The van der Waals surface area contributed by atoms with Gasteiger partial charge in [0.15, 0.2) is 4.77 Å². The number of hydrogen-bond acceptors (Lipinski definition) is 2. The quantitative estimate of drug-likeness (QED) is 0.833. The average Bonchev–Trinajstić information content (AvgIpc) is 2.95. The molecule has 0 unspecified atom stereocenters. The summed E-state index contributed by atoms with van der Waals surface area (Å²) in [6.45, 7) is 0.948. The number of aromatic amines is 2. The summed E-state index contributed by atoms with van der Waals surface area (Å²) in [5.74, 6) is 0.965. The van der Waals surface area contributed by atoms with Crippen LogP contribution in [0.2, 0.25) is 0 Å². The van der Waals surface area contributed by atoms with Gasteiger partial charge in [0.05, 0.1) is 5.52 Å². The first-order chi connectivity index (χ1) is 9.67. The molecule has 3 aliphatic carbocycles. The largest absolute Gasteiger partial charge is 0.355 e. The molecule has 2 aromatic rings. The van der Waals surface area contributed by atoms with Crippen molar-refractivity contribution >= 4 is 23.3 Å². The molecule has 0 radical (unpaired) electrons. The van der Waals surface area contributed by atoms with Gasteiger partial charge in [-0.2, -0.15) is 0 Å². The van der Waals surface area contributed by atoms with Crippen molar-refractivity contribution in [1.82, 2.24) is 14.5 Å². The first-order valence-corrected chi connectivity index (χ1v) is 7.88. The predicted molar refractivity (Wildman–Crippen MR) is 81.4 cm³/mol. The van der Waals surface area contributed by atoms with E-state index in [1.807, 2.05) is 12.3 Å². The molecular formula is C15H19N3OS. The highest BCUT2D eigenvalue weighted by Crippen LogP contribution is 2.51. The summed E-state index contributed by atoms with van der Waals surface area (Å²) in [7, 11) is 0. The van der Waals surface area contributed by atoms with Gasteiger partial charge in [-0.1, -0.05) is 0 Å². The third-order valence-corrected chi connectivity index (χ3v) is 5.77. The van der Waals surface area contributed by atoms with Gasteiger partial charge in [-0.3, -0.25) is 9.78 Å². The molecule has 106 valence electrons. The molecule has 5 heteroatoms. The van der Waals surface area contributed by atoms with Crippen molar-refractivity contribution in [3.8, 4) is 0 Å². The van der Waals surface area contributed by atoms with E-state index in [9.17, 15) is 4.79 Å². The number of nitrogens with zero attached hydrogens (tertiary/aromatic N) is 1. The lowest BCUT2D eigenvalue weighted by Crippen LogP contribution is -2.38. The first-order valence-electron chi connectivity index (χ1n) is 7.47. The first kappa shape index (κ1) is 12.4. The summed E-state index contributed by atoms with van der Waals surface area (Å²) >= 11 is 5.41. The number of aromatic nitrogens is 3. The fraction of sp³-hybridized carbons (Fsp3) is 0.600. The Bertz CT molecular complexity index is 747. The van der Waals surface area contributed by atoms with Gasteiger partial charge in [-0.15, -0.1) is 0 Å². The molecule has 0 aliphatic heterocycles. The second-order valence-electron chi connectivity index (χ2n) is 6.57. The van der Waals surface area contributed by atoms with E-state index >= 15 is 0 Å². The van der Waals surface area contributed by atoms with Gasteiger partial charge in [0, 0.05) is 12.7 Å². The number of H-pyrrole nitrogens is 2. The topological polar surface area (TPSA) is 53.6 Å². The zero-order valence-electron chi connectivity index (χ0n) is 11.4. The predicted octanol–water partition coefficient (Wildman–Crippen LogP) is 3.36. The van der Waals surface area contributed by atoms with Crippen LogP contribution in [0.1, 0.15) is 38.5 Å². The van der Waals surface area contributed by atoms with E-state index in [0.717, 1.165) is 18.0 Å². The Kier molecular flexibility index (Phi) is 2.67. The fourth-order valence-corrected chi connectivity index (χ4v) is 4.43. The van der Waals surface area contributed by atoms with Crippen LogP contribution in [0.15, 0.2) is 17.1 Å². The minimum Gasteiger partial charge on any atom is -0.355 e. The molecule has 0 spiro atoms. The van der Waals surface area contributed by atoms with Crippen molar-refractivity contribution in [1.29, 1.82) is 0 Å². The third-order valence-electron chi connectivity index (χ3n) is 5.45. The number of nitrogens with one attached hydrogen (secondary N) is 2. The molecule has 3 fully saturated rings. The maximum Gasteiger partial charge on any atom is 0.276 e.